The van der Waals surface area contributed by atoms with E-state index in [4.69, 9.17) is 5.11 Å². The molecule has 29 heavy (non-hydrogen) atoms. The standard InChI is InChI=1S/C27H32O2/c1-26(2)17-18-27(3,4)24-19-20(13-15-23(24)26)9-8-12-22(14-16-25(28)29)21-10-6-5-7-11-21/h5-7,10-16,19H,8-9,17-18H2,1-4H3,(H,28,29)/b16-14?,22-12-. The third-order valence-corrected chi connectivity index (χ3v) is 6.23. The lowest BCUT2D eigenvalue weighted by Crippen LogP contribution is -2.33. The molecular formula is C27H32O2. The zero-order chi connectivity index (χ0) is 21.1. The summed E-state index contributed by atoms with van der Waals surface area (Å²) in [5.41, 5.74) is 6.78. The minimum Gasteiger partial charge on any atom is -0.478 e. The van der Waals surface area contributed by atoms with Crippen LogP contribution in [-0.2, 0) is 22.0 Å². The highest BCUT2D eigenvalue weighted by molar-refractivity contribution is 5.85. The van der Waals surface area contributed by atoms with Gasteiger partial charge in [0.1, 0.15) is 0 Å². The van der Waals surface area contributed by atoms with Gasteiger partial charge >= 0.3 is 5.97 Å². The highest BCUT2D eigenvalue weighted by Crippen LogP contribution is 2.45. The van der Waals surface area contributed by atoms with E-state index in [1.165, 1.54) is 35.6 Å². The van der Waals surface area contributed by atoms with Crippen LogP contribution in [0.5, 0.6) is 0 Å². The van der Waals surface area contributed by atoms with E-state index in [9.17, 15) is 4.79 Å². The van der Waals surface area contributed by atoms with Gasteiger partial charge in [-0.15, -0.1) is 0 Å². The molecule has 0 amide bonds. The van der Waals surface area contributed by atoms with Crippen LogP contribution in [0.15, 0.2) is 66.8 Å². The maximum atomic E-state index is 11.0. The van der Waals surface area contributed by atoms with E-state index in [0.29, 0.717) is 0 Å². The first kappa shape index (κ1) is 21.1. The summed E-state index contributed by atoms with van der Waals surface area (Å²) in [5, 5.41) is 9.00. The van der Waals surface area contributed by atoms with Crippen molar-refractivity contribution in [2.24, 2.45) is 0 Å². The molecular weight excluding hydrogens is 356 g/mol. The maximum Gasteiger partial charge on any atom is 0.328 e. The molecule has 1 aliphatic rings. The van der Waals surface area contributed by atoms with E-state index in [1.807, 2.05) is 30.3 Å². The van der Waals surface area contributed by atoms with Gasteiger partial charge in [-0.25, -0.2) is 4.79 Å². The van der Waals surface area contributed by atoms with E-state index in [0.717, 1.165) is 24.0 Å². The molecule has 0 saturated heterocycles. The van der Waals surface area contributed by atoms with Gasteiger partial charge in [0, 0.05) is 6.08 Å². The molecule has 0 saturated carbocycles. The second-order valence-corrected chi connectivity index (χ2v) is 9.38. The van der Waals surface area contributed by atoms with Gasteiger partial charge in [-0.1, -0.05) is 82.3 Å². The van der Waals surface area contributed by atoms with Crippen molar-refractivity contribution in [1.82, 2.24) is 0 Å². The molecule has 2 aromatic rings. The molecule has 152 valence electrons. The fraction of sp³-hybridized carbons (Fsp3) is 0.370. The fourth-order valence-electron chi connectivity index (χ4n) is 4.26. The van der Waals surface area contributed by atoms with Gasteiger partial charge in [-0.2, -0.15) is 0 Å². The van der Waals surface area contributed by atoms with Gasteiger partial charge in [-0.3, -0.25) is 0 Å². The SMILES string of the molecule is CC1(C)CCC(C)(C)c2cc(CC/C=C(/C=CC(=O)O)c3ccccc3)ccc21. The van der Waals surface area contributed by atoms with Crippen molar-refractivity contribution in [2.75, 3.05) is 0 Å². The van der Waals surface area contributed by atoms with E-state index >= 15 is 0 Å². The summed E-state index contributed by atoms with van der Waals surface area (Å²) in [5.74, 6) is -0.925. The van der Waals surface area contributed by atoms with Crippen molar-refractivity contribution in [3.8, 4) is 0 Å². The molecule has 0 radical (unpaired) electrons. The molecule has 0 bridgehead atoms. The quantitative estimate of drug-likeness (QED) is 0.442. The van der Waals surface area contributed by atoms with Gasteiger partial charge in [0.05, 0.1) is 0 Å². The van der Waals surface area contributed by atoms with Crippen LogP contribution in [0.1, 0.15) is 69.2 Å². The number of carbonyl (C=O) groups is 1. The number of carboxylic acids is 1. The lowest BCUT2D eigenvalue weighted by atomic mass is 9.63. The van der Waals surface area contributed by atoms with Crippen LogP contribution >= 0.6 is 0 Å². The Balaban J connectivity index is 1.82. The number of carboxylic acid groups (broad SMARTS) is 1. The summed E-state index contributed by atoms with van der Waals surface area (Å²) in [6.45, 7) is 9.42. The van der Waals surface area contributed by atoms with Crippen LogP contribution in [0, 0.1) is 0 Å². The third-order valence-electron chi connectivity index (χ3n) is 6.23. The van der Waals surface area contributed by atoms with Crippen molar-refractivity contribution in [3.63, 3.8) is 0 Å². The topological polar surface area (TPSA) is 37.3 Å². The van der Waals surface area contributed by atoms with Gasteiger partial charge < -0.3 is 5.11 Å². The Kier molecular flexibility index (Phi) is 6.12. The molecule has 0 unspecified atom stereocenters. The number of benzene rings is 2. The smallest absolute Gasteiger partial charge is 0.328 e. The number of rotatable bonds is 6. The summed E-state index contributed by atoms with van der Waals surface area (Å²) >= 11 is 0. The van der Waals surface area contributed by atoms with Crippen molar-refractivity contribution >= 4 is 11.5 Å². The van der Waals surface area contributed by atoms with Crippen LogP contribution in [0.2, 0.25) is 0 Å². The minimum absolute atomic E-state index is 0.218. The second kappa shape index (κ2) is 8.41. The molecule has 2 heteroatoms. The average Bonchev–Trinajstić information content (AvgIpc) is 2.68. The summed E-state index contributed by atoms with van der Waals surface area (Å²) in [6, 6.07) is 17.0. The molecule has 0 atom stereocenters. The Morgan fingerprint density at radius 2 is 1.59 bits per heavy atom. The first-order valence-electron chi connectivity index (χ1n) is 10.5. The monoisotopic (exact) mass is 388 g/mol. The van der Waals surface area contributed by atoms with E-state index < -0.39 is 5.97 Å². The highest BCUT2D eigenvalue weighted by Gasteiger charge is 2.36. The number of fused-ring (bicyclic) bond motifs is 1. The van der Waals surface area contributed by atoms with Gasteiger partial charge in [0.25, 0.3) is 0 Å². The summed E-state index contributed by atoms with van der Waals surface area (Å²) < 4.78 is 0. The fourth-order valence-corrected chi connectivity index (χ4v) is 4.26. The number of aryl methyl sites for hydroxylation is 1. The highest BCUT2D eigenvalue weighted by atomic mass is 16.4. The predicted octanol–water partition coefficient (Wildman–Crippen LogP) is 6.69. The zero-order valence-electron chi connectivity index (χ0n) is 18.0. The molecule has 2 aromatic carbocycles. The normalized spacial score (nSPS) is 17.9. The Labute approximate surface area is 175 Å². The second-order valence-electron chi connectivity index (χ2n) is 9.38. The third kappa shape index (κ3) is 5.06. The lowest BCUT2D eigenvalue weighted by molar-refractivity contribution is -0.131. The molecule has 0 aromatic heterocycles. The summed E-state index contributed by atoms with van der Waals surface area (Å²) in [4.78, 5) is 11.0. The van der Waals surface area contributed by atoms with Crippen LogP contribution in [0.4, 0.5) is 0 Å². The van der Waals surface area contributed by atoms with Crippen LogP contribution in [-0.4, -0.2) is 11.1 Å². The first-order chi connectivity index (χ1) is 13.7. The van der Waals surface area contributed by atoms with E-state index in [1.54, 1.807) is 6.08 Å². The van der Waals surface area contributed by atoms with E-state index in [2.05, 4.69) is 52.0 Å². The van der Waals surface area contributed by atoms with Crippen LogP contribution < -0.4 is 0 Å². The van der Waals surface area contributed by atoms with Gasteiger partial charge in [0.15, 0.2) is 0 Å². The van der Waals surface area contributed by atoms with Crippen molar-refractivity contribution in [1.29, 1.82) is 0 Å². The summed E-state index contributed by atoms with van der Waals surface area (Å²) in [6.07, 6.45) is 9.31. The number of hydrogen-bond donors (Lipinski definition) is 1. The molecule has 0 fully saturated rings. The molecule has 3 rings (SSSR count). The van der Waals surface area contributed by atoms with Crippen LogP contribution in [0.3, 0.4) is 0 Å². The van der Waals surface area contributed by atoms with Crippen molar-refractivity contribution in [3.05, 3.63) is 89.0 Å². The molecule has 1 aliphatic carbocycles. The lowest BCUT2D eigenvalue weighted by Gasteiger charge is -2.42. The number of aliphatic carboxylic acids is 1. The zero-order valence-corrected chi connectivity index (χ0v) is 18.0. The molecule has 0 spiro atoms. The molecule has 2 nitrogen and oxygen atoms in total. The first-order valence-corrected chi connectivity index (χ1v) is 10.5. The Morgan fingerprint density at radius 3 is 2.24 bits per heavy atom. The largest absolute Gasteiger partial charge is 0.478 e. The molecule has 0 aliphatic heterocycles. The van der Waals surface area contributed by atoms with Crippen molar-refractivity contribution < 1.29 is 9.90 Å². The summed E-state index contributed by atoms with van der Waals surface area (Å²) in [7, 11) is 0. The molecule has 0 heterocycles. The van der Waals surface area contributed by atoms with Gasteiger partial charge in [-0.05, 0) is 70.4 Å². The van der Waals surface area contributed by atoms with Gasteiger partial charge in [0.2, 0.25) is 0 Å². The molecule has 1 N–H and O–H groups in total. The van der Waals surface area contributed by atoms with Crippen molar-refractivity contribution in [2.45, 2.75) is 64.2 Å². The Hall–Kier alpha value is -2.61. The number of allylic oxidation sites excluding steroid dienone is 3. The maximum absolute atomic E-state index is 11.0. The van der Waals surface area contributed by atoms with E-state index in [-0.39, 0.29) is 10.8 Å². The minimum atomic E-state index is -0.925. The Bertz CT molecular complexity index is 930. The average molecular weight is 389 g/mol. The number of hydrogen-bond acceptors (Lipinski definition) is 1. The predicted molar refractivity (Wildman–Crippen MR) is 121 cm³/mol. The Morgan fingerprint density at radius 1 is 0.931 bits per heavy atom. The van der Waals surface area contributed by atoms with Crippen LogP contribution in [0.25, 0.3) is 5.57 Å².